The Kier molecular flexibility index (Phi) is 5.50. The standard InChI is InChI=1S/C14H24N2O/c1-4-8-14(9-7-10-15-11-14)13(17)16-12(5-2)6-3/h2,12,15H,4,6-11H2,1,3H3,(H,16,17). The Bertz CT molecular complexity index is 282. The SMILES string of the molecule is C#CC(CC)NC(=O)C1(CCC)CCCNC1. The topological polar surface area (TPSA) is 41.1 Å². The zero-order chi connectivity index (χ0) is 12.7. The predicted octanol–water partition coefficient (Wildman–Crippen LogP) is 1.68. The quantitative estimate of drug-likeness (QED) is 0.713. The van der Waals surface area contributed by atoms with Gasteiger partial charge in [0.25, 0.3) is 0 Å². The van der Waals surface area contributed by atoms with Crippen LogP contribution < -0.4 is 10.6 Å². The molecule has 0 radical (unpaired) electrons. The molecule has 1 fully saturated rings. The van der Waals surface area contributed by atoms with Gasteiger partial charge in [0.15, 0.2) is 0 Å². The molecule has 1 saturated heterocycles. The lowest BCUT2D eigenvalue weighted by atomic mass is 9.76. The summed E-state index contributed by atoms with van der Waals surface area (Å²) in [5.74, 6) is 2.76. The summed E-state index contributed by atoms with van der Waals surface area (Å²) in [7, 11) is 0. The highest BCUT2D eigenvalue weighted by Gasteiger charge is 2.38. The first kappa shape index (κ1) is 14.1. The molecule has 17 heavy (non-hydrogen) atoms. The van der Waals surface area contributed by atoms with Crippen molar-refractivity contribution in [1.29, 1.82) is 0 Å². The van der Waals surface area contributed by atoms with E-state index in [1.807, 2.05) is 6.92 Å². The lowest BCUT2D eigenvalue weighted by Crippen LogP contribution is -2.52. The Labute approximate surface area is 105 Å². The maximum Gasteiger partial charge on any atom is 0.228 e. The van der Waals surface area contributed by atoms with Crippen molar-refractivity contribution in [3.63, 3.8) is 0 Å². The average molecular weight is 236 g/mol. The fourth-order valence-corrected chi connectivity index (χ4v) is 2.54. The number of hydrogen-bond acceptors (Lipinski definition) is 2. The summed E-state index contributed by atoms with van der Waals surface area (Å²) in [6.07, 6.45) is 10.2. The molecule has 0 bridgehead atoms. The molecule has 1 amide bonds. The highest BCUT2D eigenvalue weighted by Crippen LogP contribution is 2.32. The molecule has 1 heterocycles. The number of piperidine rings is 1. The first-order chi connectivity index (χ1) is 8.18. The number of amides is 1. The Balaban J connectivity index is 2.69. The van der Waals surface area contributed by atoms with Crippen LogP contribution in [-0.2, 0) is 4.79 Å². The summed E-state index contributed by atoms with van der Waals surface area (Å²) in [5.41, 5.74) is -0.239. The van der Waals surface area contributed by atoms with Gasteiger partial charge in [-0.3, -0.25) is 4.79 Å². The van der Waals surface area contributed by atoms with Crippen LogP contribution in [0.2, 0.25) is 0 Å². The first-order valence-corrected chi connectivity index (χ1v) is 6.66. The number of hydrogen-bond donors (Lipinski definition) is 2. The zero-order valence-corrected chi connectivity index (χ0v) is 11.0. The Hall–Kier alpha value is -1.01. The number of carbonyl (C=O) groups excluding carboxylic acids is 1. The van der Waals surface area contributed by atoms with E-state index in [9.17, 15) is 4.79 Å². The van der Waals surface area contributed by atoms with Crippen LogP contribution in [0.1, 0.15) is 46.0 Å². The van der Waals surface area contributed by atoms with Gasteiger partial charge in [0.05, 0.1) is 11.5 Å². The van der Waals surface area contributed by atoms with E-state index in [1.165, 1.54) is 0 Å². The van der Waals surface area contributed by atoms with Gasteiger partial charge in [0.2, 0.25) is 5.91 Å². The second kappa shape index (κ2) is 6.66. The molecule has 1 rings (SSSR count). The fourth-order valence-electron chi connectivity index (χ4n) is 2.54. The van der Waals surface area contributed by atoms with Crippen molar-refractivity contribution in [3.05, 3.63) is 0 Å². The molecule has 2 N–H and O–H groups in total. The van der Waals surface area contributed by atoms with Crippen molar-refractivity contribution >= 4 is 5.91 Å². The van der Waals surface area contributed by atoms with Gasteiger partial charge in [0, 0.05) is 6.54 Å². The molecule has 96 valence electrons. The molecule has 0 aromatic rings. The molecule has 1 aliphatic heterocycles. The van der Waals surface area contributed by atoms with Gasteiger partial charge >= 0.3 is 0 Å². The monoisotopic (exact) mass is 236 g/mol. The van der Waals surface area contributed by atoms with Gasteiger partial charge in [-0.05, 0) is 32.2 Å². The molecular formula is C14H24N2O. The predicted molar refractivity (Wildman–Crippen MR) is 70.5 cm³/mol. The maximum absolute atomic E-state index is 12.4. The van der Waals surface area contributed by atoms with Gasteiger partial charge in [-0.2, -0.15) is 0 Å². The van der Waals surface area contributed by atoms with E-state index < -0.39 is 0 Å². The third-order valence-corrected chi connectivity index (χ3v) is 3.60. The maximum atomic E-state index is 12.4. The smallest absolute Gasteiger partial charge is 0.228 e. The van der Waals surface area contributed by atoms with E-state index in [-0.39, 0.29) is 17.4 Å². The highest BCUT2D eigenvalue weighted by atomic mass is 16.2. The molecule has 2 unspecified atom stereocenters. The van der Waals surface area contributed by atoms with Crippen LogP contribution in [0.25, 0.3) is 0 Å². The van der Waals surface area contributed by atoms with Crippen LogP contribution in [0.5, 0.6) is 0 Å². The highest BCUT2D eigenvalue weighted by molar-refractivity contribution is 5.83. The van der Waals surface area contributed by atoms with E-state index in [1.54, 1.807) is 0 Å². The van der Waals surface area contributed by atoms with E-state index in [4.69, 9.17) is 6.42 Å². The minimum Gasteiger partial charge on any atom is -0.342 e. The van der Waals surface area contributed by atoms with Crippen molar-refractivity contribution in [1.82, 2.24) is 10.6 Å². The Morgan fingerprint density at radius 2 is 2.35 bits per heavy atom. The van der Waals surface area contributed by atoms with Crippen LogP contribution in [-0.4, -0.2) is 25.0 Å². The van der Waals surface area contributed by atoms with Crippen molar-refractivity contribution in [2.45, 2.75) is 52.0 Å². The summed E-state index contributed by atoms with van der Waals surface area (Å²) in [6.45, 7) is 5.93. The van der Waals surface area contributed by atoms with Crippen LogP contribution in [0, 0.1) is 17.8 Å². The molecule has 3 heteroatoms. The van der Waals surface area contributed by atoms with E-state index in [2.05, 4.69) is 23.5 Å². The minimum absolute atomic E-state index is 0.127. The van der Waals surface area contributed by atoms with Crippen molar-refractivity contribution in [2.24, 2.45) is 5.41 Å². The van der Waals surface area contributed by atoms with E-state index >= 15 is 0 Å². The Morgan fingerprint density at radius 3 is 2.82 bits per heavy atom. The van der Waals surface area contributed by atoms with Gasteiger partial charge in [-0.25, -0.2) is 0 Å². The van der Waals surface area contributed by atoms with Gasteiger partial charge in [-0.1, -0.05) is 26.2 Å². The van der Waals surface area contributed by atoms with E-state index in [0.717, 1.165) is 45.2 Å². The second-order valence-corrected chi connectivity index (χ2v) is 4.91. The fraction of sp³-hybridized carbons (Fsp3) is 0.786. The second-order valence-electron chi connectivity index (χ2n) is 4.91. The van der Waals surface area contributed by atoms with Crippen LogP contribution >= 0.6 is 0 Å². The van der Waals surface area contributed by atoms with Crippen LogP contribution in [0.3, 0.4) is 0 Å². The summed E-state index contributed by atoms with van der Waals surface area (Å²) in [6, 6.07) is -0.127. The molecule has 1 aliphatic rings. The first-order valence-electron chi connectivity index (χ1n) is 6.66. The largest absolute Gasteiger partial charge is 0.342 e. The minimum atomic E-state index is -0.239. The van der Waals surface area contributed by atoms with Crippen molar-refractivity contribution < 1.29 is 4.79 Å². The van der Waals surface area contributed by atoms with E-state index in [0.29, 0.717) is 0 Å². The molecular weight excluding hydrogens is 212 g/mol. The number of carbonyl (C=O) groups is 1. The normalized spacial score (nSPS) is 25.9. The summed E-state index contributed by atoms with van der Waals surface area (Å²) in [5, 5.41) is 6.33. The van der Waals surface area contributed by atoms with Crippen molar-refractivity contribution in [2.75, 3.05) is 13.1 Å². The van der Waals surface area contributed by atoms with Gasteiger partial charge < -0.3 is 10.6 Å². The van der Waals surface area contributed by atoms with Crippen LogP contribution in [0.4, 0.5) is 0 Å². The molecule has 0 spiro atoms. The summed E-state index contributed by atoms with van der Waals surface area (Å²) < 4.78 is 0. The third-order valence-electron chi connectivity index (χ3n) is 3.60. The molecule has 0 saturated carbocycles. The number of nitrogens with one attached hydrogen (secondary N) is 2. The lowest BCUT2D eigenvalue weighted by Gasteiger charge is -2.36. The van der Waals surface area contributed by atoms with Crippen LogP contribution in [0.15, 0.2) is 0 Å². The Morgan fingerprint density at radius 1 is 1.59 bits per heavy atom. The third kappa shape index (κ3) is 3.47. The van der Waals surface area contributed by atoms with Gasteiger partial charge in [-0.15, -0.1) is 6.42 Å². The zero-order valence-electron chi connectivity index (χ0n) is 11.0. The average Bonchev–Trinajstić information content (AvgIpc) is 2.37. The molecule has 0 aromatic heterocycles. The molecule has 2 atom stereocenters. The van der Waals surface area contributed by atoms with Gasteiger partial charge in [0.1, 0.15) is 0 Å². The number of terminal acetylenes is 1. The lowest BCUT2D eigenvalue weighted by molar-refractivity contribution is -0.133. The summed E-state index contributed by atoms with van der Waals surface area (Å²) >= 11 is 0. The molecule has 3 nitrogen and oxygen atoms in total. The summed E-state index contributed by atoms with van der Waals surface area (Å²) in [4.78, 5) is 12.4. The van der Waals surface area contributed by atoms with Crippen molar-refractivity contribution in [3.8, 4) is 12.3 Å². The molecule has 0 aliphatic carbocycles. The number of rotatable bonds is 5. The molecule has 0 aromatic carbocycles.